The molecule has 6 heteroatoms. The van der Waals surface area contributed by atoms with Crippen molar-refractivity contribution in [2.75, 3.05) is 18.6 Å². The standard InChI is InChI=1S/C9H13NO3S2/c1-15(13)5-3-10-6-7-2-4-14-8(7)9(11)12/h2,4,10H,3,5-6H2,1H3,(H,11,12). The van der Waals surface area contributed by atoms with Crippen molar-refractivity contribution in [3.05, 3.63) is 21.9 Å². The van der Waals surface area contributed by atoms with E-state index in [1.54, 1.807) is 17.7 Å². The van der Waals surface area contributed by atoms with Gasteiger partial charge in [0.2, 0.25) is 0 Å². The number of hydrogen-bond donors (Lipinski definition) is 2. The fourth-order valence-corrected chi connectivity index (χ4v) is 2.29. The molecule has 1 atom stereocenters. The fourth-order valence-electron chi connectivity index (χ4n) is 1.10. The summed E-state index contributed by atoms with van der Waals surface area (Å²) in [6.07, 6.45) is 1.65. The molecular formula is C9H13NO3S2. The van der Waals surface area contributed by atoms with Gasteiger partial charge >= 0.3 is 5.97 Å². The summed E-state index contributed by atoms with van der Waals surface area (Å²) >= 11 is 1.22. The Labute approximate surface area is 94.8 Å². The molecule has 4 nitrogen and oxygen atoms in total. The molecule has 0 radical (unpaired) electrons. The van der Waals surface area contributed by atoms with Crippen LogP contribution in [0.1, 0.15) is 15.2 Å². The van der Waals surface area contributed by atoms with Crippen molar-refractivity contribution in [3.8, 4) is 0 Å². The van der Waals surface area contributed by atoms with Crippen LogP contribution in [-0.2, 0) is 17.3 Å². The first-order chi connectivity index (χ1) is 7.11. The second-order valence-electron chi connectivity index (χ2n) is 3.03. The molecule has 0 bridgehead atoms. The van der Waals surface area contributed by atoms with Crippen LogP contribution in [0.4, 0.5) is 0 Å². The van der Waals surface area contributed by atoms with Crippen LogP contribution in [0.3, 0.4) is 0 Å². The quantitative estimate of drug-likeness (QED) is 0.733. The predicted molar refractivity (Wildman–Crippen MR) is 61.9 cm³/mol. The van der Waals surface area contributed by atoms with E-state index in [9.17, 15) is 9.00 Å². The van der Waals surface area contributed by atoms with Gasteiger partial charge in [0.15, 0.2) is 0 Å². The Morgan fingerprint density at radius 3 is 3.00 bits per heavy atom. The molecule has 2 N–H and O–H groups in total. The number of aromatic carboxylic acids is 1. The molecule has 0 aliphatic rings. The van der Waals surface area contributed by atoms with Crippen LogP contribution < -0.4 is 5.32 Å². The van der Waals surface area contributed by atoms with E-state index in [1.807, 2.05) is 0 Å². The smallest absolute Gasteiger partial charge is 0.346 e. The molecule has 0 aromatic carbocycles. The summed E-state index contributed by atoms with van der Waals surface area (Å²) in [6, 6.07) is 1.80. The Morgan fingerprint density at radius 2 is 2.40 bits per heavy atom. The summed E-state index contributed by atoms with van der Waals surface area (Å²) in [5.74, 6) is -0.298. The van der Waals surface area contributed by atoms with Gasteiger partial charge in [0.05, 0.1) is 0 Å². The van der Waals surface area contributed by atoms with Crippen LogP contribution in [0.5, 0.6) is 0 Å². The monoisotopic (exact) mass is 247 g/mol. The molecule has 1 heterocycles. The van der Waals surface area contributed by atoms with E-state index in [4.69, 9.17) is 5.11 Å². The van der Waals surface area contributed by atoms with E-state index in [2.05, 4.69) is 5.32 Å². The first-order valence-corrected chi connectivity index (χ1v) is 7.02. The summed E-state index contributed by atoms with van der Waals surface area (Å²) in [6.45, 7) is 1.15. The molecule has 0 aliphatic carbocycles. The summed E-state index contributed by atoms with van der Waals surface area (Å²) in [5.41, 5.74) is 0.786. The van der Waals surface area contributed by atoms with Crippen molar-refractivity contribution in [1.29, 1.82) is 0 Å². The highest BCUT2D eigenvalue weighted by molar-refractivity contribution is 7.84. The van der Waals surface area contributed by atoms with Crippen LogP contribution in [0.2, 0.25) is 0 Å². The van der Waals surface area contributed by atoms with Crippen LogP contribution in [0.25, 0.3) is 0 Å². The van der Waals surface area contributed by atoms with Gasteiger partial charge in [-0.25, -0.2) is 4.79 Å². The van der Waals surface area contributed by atoms with Gasteiger partial charge in [-0.05, 0) is 17.0 Å². The largest absolute Gasteiger partial charge is 0.477 e. The van der Waals surface area contributed by atoms with Crippen molar-refractivity contribution in [2.24, 2.45) is 0 Å². The minimum absolute atomic E-state index is 0.375. The zero-order valence-corrected chi connectivity index (χ0v) is 9.99. The highest BCUT2D eigenvalue weighted by Crippen LogP contribution is 2.16. The van der Waals surface area contributed by atoms with E-state index in [-0.39, 0.29) is 0 Å². The summed E-state index contributed by atoms with van der Waals surface area (Å²) in [4.78, 5) is 11.1. The number of carboxylic acids is 1. The molecule has 0 spiro atoms. The molecule has 1 aromatic rings. The number of carbonyl (C=O) groups is 1. The molecule has 0 fully saturated rings. The van der Waals surface area contributed by atoms with Gasteiger partial charge in [-0.3, -0.25) is 4.21 Å². The molecule has 0 saturated carbocycles. The van der Waals surface area contributed by atoms with Crippen LogP contribution in [-0.4, -0.2) is 33.8 Å². The molecular weight excluding hydrogens is 234 g/mol. The highest BCUT2D eigenvalue weighted by atomic mass is 32.2. The maximum absolute atomic E-state index is 10.8. The van der Waals surface area contributed by atoms with Crippen LogP contribution in [0.15, 0.2) is 11.4 Å². The van der Waals surface area contributed by atoms with Crippen molar-refractivity contribution < 1.29 is 14.1 Å². The third kappa shape index (κ3) is 4.11. The average Bonchev–Trinajstić information content (AvgIpc) is 2.60. The van der Waals surface area contributed by atoms with Crippen molar-refractivity contribution in [3.63, 3.8) is 0 Å². The summed E-state index contributed by atoms with van der Waals surface area (Å²) in [5, 5.41) is 13.7. The van der Waals surface area contributed by atoms with Crippen LogP contribution in [0, 0.1) is 0 Å². The fraction of sp³-hybridized carbons (Fsp3) is 0.444. The lowest BCUT2D eigenvalue weighted by Gasteiger charge is -2.02. The number of hydrogen-bond acceptors (Lipinski definition) is 4. The number of thiophene rings is 1. The first-order valence-electron chi connectivity index (χ1n) is 4.41. The molecule has 0 amide bonds. The Kier molecular flexibility index (Phi) is 4.93. The topological polar surface area (TPSA) is 66.4 Å². The van der Waals surface area contributed by atoms with Gasteiger partial charge in [0, 0.05) is 35.9 Å². The third-order valence-corrected chi connectivity index (χ3v) is 3.55. The lowest BCUT2D eigenvalue weighted by atomic mass is 10.2. The molecule has 1 rings (SSSR count). The molecule has 0 aliphatic heterocycles. The normalized spacial score (nSPS) is 12.6. The average molecular weight is 247 g/mol. The maximum Gasteiger partial charge on any atom is 0.346 e. The van der Waals surface area contributed by atoms with E-state index < -0.39 is 16.8 Å². The highest BCUT2D eigenvalue weighted by Gasteiger charge is 2.10. The van der Waals surface area contributed by atoms with Gasteiger partial charge in [-0.15, -0.1) is 11.3 Å². The molecule has 15 heavy (non-hydrogen) atoms. The van der Waals surface area contributed by atoms with E-state index >= 15 is 0 Å². The lowest BCUT2D eigenvalue weighted by Crippen LogP contribution is -2.20. The third-order valence-electron chi connectivity index (χ3n) is 1.82. The van der Waals surface area contributed by atoms with E-state index in [0.29, 0.717) is 23.7 Å². The zero-order valence-electron chi connectivity index (χ0n) is 8.36. The van der Waals surface area contributed by atoms with Gasteiger partial charge in [0.25, 0.3) is 0 Å². The molecule has 0 saturated heterocycles. The summed E-state index contributed by atoms with van der Waals surface area (Å²) < 4.78 is 10.8. The van der Waals surface area contributed by atoms with Crippen molar-refractivity contribution in [2.45, 2.75) is 6.54 Å². The van der Waals surface area contributed by atoms with Gasteiger partial charge in [-0.1, -0.05) is 0 Å². The first kappa shape index (κ1) is 12.4. The van der Waals surface area contributed by atoms with Gasteiger partial charge in [0.1, 0.15) is 4.88 Å². The number of nitrogens with one attached hydrogen (secondary N) is 1. The van der Waals surface area contributed by atoms with Gasteiger partial charge < -0.3 is 10.4 Å². The minimum Gasteiger partial charge on any atom is -0.477 e. The van der Waals surface area contributed by atoms with E-state index in [0.717, 1.165) is 5.56 Å². The Morgan fingerprint density at radius 1 is 1.67 bits per heavy atom. The second kappa shape index (κ2) is 5.99. The molecule has 1 aromatic heterocycles. The van der Waals surface area contributed by atoms with Crippen LogP contribution >= 0.6 is 11.3 Å². The zero-order chi connectivity index (χ0) is 11.3. The maximum atomic E-state index is 10.8. The second-order valence-corrected chi connectivity index (χ2v) is 5.50. The SMILES string of the molecule is CS(=O)CCNCc1ccsc1C(=O)O. The minimum atomic E-state index is -0.888. The lowest BCUT2D eigenvalue weighted by molar-refractivity contribution is 0.0701. The molecule has 84 valence electrons. The Balaban J connectivity index is 2.40. The van der Waals surface area contributed by atoms with Crippen molar-refractivity contribution in [1.82, 2.24) is 5.32 Å². The van der Waals surface area contributed by atoms with E-state index in [1.165, 1.54) is 11.3 Å². The number of carboxylic acid groups (broad SMARTS) is 1. The van der Waals surface area contributed by atoms with Crippen molar-refractivity contribution >= 4 is 28.1 Å². The Hall–Kier alpha value is -0.720. The Bertz CT molecular complexity index is 362. The van der Waals surface area contributed by atoms with Gasteiger partial charge in [-0.2, -0.15) is 0 Å². The number of rotatable bonds is 6. The molecule has 1 unspecified atom stereocenters. The predicted octanol–water partition coefficient (Wildman–Crippen LogP) is 0.914. The summed E-state index contributed by atoms with van der Waals surface area (Å²) in [7, 11) is -0.804.